The number of hydrogen-bond acceptors (Lipinski definition) is 2. The molecule has 0 spiro atoms. The van der Waals surface area contributed by atoms with Gasteiger partial charge in [-0.1, -0.05) is 12.2 Å². The van der Waals surface area contributed by atoms with Gasteiger partial charge in [0.1, 0.15) is 0 Å². The van der Waals surface area contributed by atoms with Crippen molar-refractivity contribution in [1.29, 1.82) is 0 Å². The third kappa shape index (κ3) is 2.68. The highest BCUT2D eigenvalue weighted by molar-refractivity contribution is 7.80. The fourth-order valence-corrected chi connectivity index (χ4v) is 2.89. The lowest BCUT2D eigenvalue weighted by molar-refractivity contribution is -0.125. The fourth-order valence-electron chi connectivity index (χ4n) is 2.64. The number of fused-ring (bicyclic) bond motifs is 1. The molecule has 2 fully saturated rings. The number of hydrogen-bond donors (Lipinski definition) is 2. The molecule has 0 aromatic rings. The number of rotatable bonds is 4. The van der Waals surface area contributed by atoms with E-state index in [2.05, 4.69) is 5.32 Å². The molecule has 0 saturated heterocycles. The van der Waals surface area contributed by atoms with Crippen molar-refractivity contribution in [3.05, 3.63) is 0 Å². The first-order valence-electron chi connectivity index (χ1n) is 5.65. The van der Waals surface area contributed by atoms with Gasteiger partial charge in [0.05, 0.1) is 4.99 Å². The molecule has 2 aliphatic rings. The van der Waals surface area contributed by atoms with Crippen molar-refractivity contribution in [1.82, 2.24) is 5.32 Å². The number of carbonyl (C=O) groups is 1. The Morgan fingerprint density at radius 1 is 1.47 bits per heavy atom. The summed E-state index contributed by atoms with van der Waals surface area (Å²) in [4.78, 5) is 12.3. The van der Waals surface area contributed by atoms with Gasteiger partial charge in [0, 0.05) is 18.4 Å². The summed E-state index contributed by atoms with van der Waals surface area (Å²) in [6.07, 6.45) is 4.14. The van der Waals surface area contributed by atoms with Gasteiger partial charge in [0.15, 0.2) is 0 Å². The van der Waals surface area contributed by atoms with Crippen molar-refractivity contribution in [3.63, 3.8) is 0 Å². The smallest absolute Gasteiger partial charge is 0.223 e. The zero-order valence-electron chi connectivity index (χ0n) is 9.03. The lowest BCUT2D eigenvalue weighted by Crippen LogP contribution is -2.38. The minimum absolute atomic E-state index is 0.0759. The molecule has 0 radical (unpaired) electrons. The van der Waals surface area contributed by atoms with Crippen LogP contribution in [0.5, 0.6) is 0 Å². The van der Waals surface area contributed by atoms with Crippen molar-refractivity contribution in [3.8, 4) is 0 Å². The lowest BCUT2D eigenvalue weighted by atomic mass is 10.0. The number of nitrogens with two attached hydrogens (primary N) is 1. The first-order chi connectivity index (χ1) is 7.06. The highest BCUT2D eigenvalue weighted by Crippen LogP contribution is 2.54. The minimum atomic E-state index is 0.0759. The van der Waals surface area contributed by atoms with Gasteiger partial charge in [-0.25, -0.2) is 0 Å². The lowest BCUT2D eigenvalue weighted by Gasteiger charge is -2.17. The Bertz CT molecular complexity index is 282. The van der Waals surface area contributed by atoms with Gasteiger partial charge in [0.25, 0.3) is 0 Å². The van der Waals surface area contributed by atoms with Gasteiger partial charge in [0.2, 0.25) is 5.91 Å². The first kappa shape index (κ1) is 10.9. The summed E-state index contributed by atoms with van der Waals surface area (Å²) in [5.41, 5.74) is 5.43. The zero-order valence-corrected chi connectivity index (χ0v) is 9.85. The van der Waals surface area contributed by atoms with Crippen LogP contribution in [0.4, 0.5) is 0 Å². The highest BCUT2D eigenvalue weighted by atomic mass is 32.1. The Balaban J connectivity index is 1.74. The molecule has 3 unspecified atom stereocenters. The molecule has 15 heavy (non-hydrogen) atoms. The molecule has 0 heterocycles. The highest BCUT2D eigenvalue weighted by Gasteiger charge is 2.48. The molecule has 1 amide bonds. The topological polar surface area (TPSA) is 55.1 Å². The van der Waals surface area contributed by atoms with Crippen molar-refractivity contribution in [2.24, 2.45) is 23.5 Å². The van der Waals surface area contributed by atoms with E-state index in [0.29, 0.717) is 11.4 Å². The first-order valence-corrected chi connectivity index (χ1v) is 6.05. The van der Waals surface area contributed by atoms with Crippen molar-refractivity contribution in [2.75, 3.05) is 0 Å². The average Bonchev–Trinajstić information content (AvgIpc) is 2.71. The summed E-state index contributed by atoms with van der Waals surface area (Å²) in [7, 11) is 0. The molecule has 3 N–H and O–H groups in total. The fraction of sp³-hybridized carbons (Fsp3) is 0.818. The molecular weight excluding hydrogens is 208 g/mol. The van der Waals surface area contributed by atoms with Crippen molar-refractivity contribution < 1.29 is 4.79 Å². The van der Waals surface area contributed by atoms with E-state index in [4.69, 9.17) is 18.0 Å². The van der Waals surface area contributed by atoms with Crippen LogP contribution in [0.1, 0.15) is 32.6 Å². The molecule has 3 nitrogen and oxygen atoms in total. The molecule has 4 heteroatoms. The van der Waals surface area contributed by atoms with E-state index >= 15 is 0 Å². The van der Waals surface area contributed by atoms with Gasteiger partial charge in [-0.15, -0.1) is 0 Å². The van der Waals surface area contributed by atoms with Crippen LogP contribution >= 0.6 is 12.2 Å². The van der Waals surface area contributed by atoms with E-state index < -0.39 is 0 Å². The number of thiocarbonyl (C=S) groups is 1. The second-order valence-electron chi connectivity index (χ2n) is 5.00. The normalized spacial score (nSPS) is 34.3. The summed E-state index contributed by atoms with van der Waals surface area (Å²) in [5, 5.41) is 2.99. The summed E-state index contributed by atoms with van der Waals surface area (Å²) in [6.45, 7) is 1.95. The molecule has 3 atom stereocenters. The molecule has 2 rings (SSSR count). The monoisotopic (exact) mass is 226 g/mol. The molecule has 0 aromatic heterocycles. The van der Waals surface area contributed by atoms with Gasteiger partial charge in [-0.3, -0.25) is 4.79 Å². The second-order valence-corrected chi connectivity index (χ2v) is 5.53. The summed E-state index contributed by atoms with van der Waals surface area (Å²) in [6, 6.07) is 0.0759. The maximum Gasteiger partial charge on any atom is 0.223 e. The van der Waals surface area contributed by atoms with E-state index in [1.54, 1.807) is 0 Å². The maximum atomic E-state index is 11.8. The molecule has 2 saturated carbocycles. The van der Waals surface area contributed by atoms with E-state index in [9.17, 15) is 4.79 Å². The summed E-state index contributed by atoms with van der Waals surface area (Å²) < 4.78 is 0. The molecule has 0 aliphatic heterocycles. The standard InChI is InChI=1S/C11H18N2OS/c1-6(2-10(12)15)13-11(14)9-4-7-3-8(7)5-9/h6-9H,2-5H2,1H3,(H2,12,15)(H,13,14). The van der Waals surface area contributed by atoms with Crippen LogP contribution in [-0.4, -0.2) is 16.9 Å². The Morgan fingerprint density at radius 3 is 2.60 bits per heavy atom. The third-order valence-electron chi connectivity index (χ3n) is 3.51. The van der Waals surface area contributed by atoms with E-state index in [1.165, 1.54) is 6.42 Å². The van der Waals surface area contributed by atoms with Gasteiger partial charge in [-0.05, 0) is 38.0 Å². The van der Waals surface area contributed by atoms with Gasteiger partial charge in [-0.2, -0.15) is 0 Å². The number of amides is 1. The molecule has 0 aromatic carbocycles. The Kier molecular flexibility index (Phi) is 2.96. The Morgan fingerprint density at radius 2 is 2.07 bits per heavy atom. The molecular formula is C11H18N2OS. The SMILES string of the molecule is CC(CC(N)=S)NC(=O)C1CC2CC2C1. The van der Waals surface area contributed by atoms with Crippen LogP contribution in [0.15, 0.2) is 0 Å². The quantitative estimate of drug-likeness (QED) is 0.709. The van der Waals surface area contributed by atoms with Crippen LogP contribution in [-0.2, 0) is 4.79 Å². The predicted molar refractivity (Wildman–Crippen MR) is 63.3 cm³/mol. The average molecular weight is 226 g/mol. The third-order valence-corrected chi connectivity index (χ3v) is 3.68. The minimum Gasteiger partial charge on any atom is -0.393 e. The second kappa shape index (κ2) is 4.08. The van der Waals surface area contributed by atoms with Crippen molar-refractivity contribution >= 4 is 23.1 Å². The van der Waals surface area contributed by atoms with Crippen LogP contribution in [0.3, 0.4) is 0 Å². The van der Waals surface area contributed by atoms with Gasteiger partial charge >= 0.3 is 0 Å². The molecule has 0 bridgehead atoms. The van der Waals surface area contributed by atoms with Crippen LogP contribution in [0.25, 0.3) is 0 Å². The van der Waals surface area contributed by atoms with Crippen LogP contribution < -0.4 is 11.1 Å². The summed E-state index contributed by atoms with van der Waals surface area (Å²) >= 11 is 4.81. The van der Waals surface area contributed by atoms with Crippen molar-refractivity contribution in [2.45, 2.75) is 38.6 Å². The van der Waals surface area contributed by atoms with E-state index in [-0.39, 0.29) is 17.9 Å². The Labute approximate surface area is 95.8 Å². The van der Waals surface area contributed by atoms with Gasteiger partial charge < -0.3 is 11.1 Å². The van der Waals surface area contributed by atoms with Crippen LogP contribution in [0.2, 0.25) is 0 Å². The maximum absolute atomic E-state index is 11.8. The number of carbonyl (C=O) groups excluding carboxylic acids is 1. The predicted octanol–water partition coefficient (Wildman–Crippen LogP) is 1.21. The number of nitrogens with one attached hydrogen (secondary N) is 1. The van der Waals surface area contributed by atoms with E-state index in [0.717, 1.165) is 24.7 Å². The Hall–Kier alpha value is -0.640. The van der Waals surface area contributed by atoms with Crippen LogP contribution in [0, 0.1) is 17.8 Å². The summed E-state index contributed by atoms with van der Waals surface area (Å²) in [5.74, 6) is 2.16. The molecule has 84 valence electrons. The van der Waals surface area contributed by atoms with E-state index in [1.807, 2.05) is 6.92 Å². The largest absolute Gasteiger partial charge is 0.393 e. The molecule has 2 aliphatic carbocycles. The zero-order chi connectivity index (χ0) is 11.0.